The van der Waals surface area contributed by atoms with Crippen LogP contribution < -0.4 is 26.2 Å². The Morgan fingerprint density at radius 1 is 0.621 bits per heavy atom. The maximum Gasteiger partial charge on any atom is 0.398 e. The lowest BCUT2D eigenvalue weighted by Gasteiger charge is -2.14. The molecule has 0 saturated heterocycles. The maximum atomic E-state index is 12.9. The average Bonchev–Trinajstić information content (AvgIpc) is 3.21. The van der Waals surface area contributed by atoms with Gasteiger partial charge in [-0.05, 0) is 122 Å². The molecule has 0 fully saturated rings. The van der Waals surface area contributed by atoms with Crippen molar-refractivity contribution < 1.29 is 40.8 Å². The van der Waals surface area contributed by atoms with Crippen LogP contribution in [0.25, 0.3) is 0 Å². The Labute approximate surface area is 349 Å². The first kappa shape index (κ1) is 45.1. The zero-order valence-corrected chi connectivity index (χ0v) is 34.6. The maximum absolute atomic E-state index is 12.9. The fourth-order valence-corrected chi connectivity index (χ4v) is 7.01. The van der Waals surface area contributed by atoms with E-state index in [1.54, 1.807) is 68.4 Å². The number of hydrogen-bond donors (Lipinski definition) is 5. The molecule has 3 amide bonds. The summed E-state index contributed by atoms with van der Waals surface area (Å²) in [7, 11) is -2.47. The van der Waals surface area contributed by atoms with E-state index >= 15 is 0 Å². The van der Waals surface area contributed by atoms with E-state index in [0.717, 1.165) is 11.1 Å². The van der Waals surface area contributed by atoms with Gasteiger partial charge in [0.25, 0.3) is 30.9 Å². The lowest BCUT2D eigenvalue weighted by Crippen LogP contribution is -2.36. The zero-order valence-electron chi connectivity index (χ0n) is 30.7. The number of halogens is 3. The molecule has 0 unspecified atom stereocenters. The number of nitrogens with one attached hydrogen (secondary N) is 5. The molecule has 0 radical (unpaired) electrons. The van der Waals surface area contributed by atoms with E-state index in [2.05, 4.69) is 30.9 Å². The third kappa shape index (κ3) is 13.2. The lowest BCUT2D eigenvalue weighted by atomic mass is 10.1. The number of carbonyl (C=O) groups is 4. The number of alkyl halides is 2. The van der Waals surface area contributed by atoms with Gasteiger partial charge in [-0.3, -0.25) is 30.0 Å². The predicted molar refractivity (Wildman–Crippen MR) is 224 cm³/mol. The van der Waals surface area contributed by atoms with Crippen LogP contribution in [0.15, 0.2) is 125 Å². The summed E-state index contributed by atoms with van der Waals surface area (Å²) in [6.07, 6.45) is 0. The predicted octanol–water partition coefficient (Wildman–Crippen LogP) is 7.40. The van der Waals surface area contributed by atoms with Gasteiger partial charge in [0.1, 0.15) is 0 Å². The van der Waals surface area contributed by atoms with E-state index in [1.807, 2.05) is 0 Å². The Balaban J connectivity index is 0.000000299. The minimum atomic E-state index is -3.92. The van der Waals surface area contributed by atoms with Crippen molar-refractivity contribution in [3.63, 3.8) is 0 Å². The van der Waals surface area contributed by atoms with Crippen LogP contribution in [-0.4, -0.2) is 47.1 Å². The normalized spacial score (nSPS) is 10.9. The molecule has 58 heavy (non-hydrogen) atoms. The molecule has 0 aromatic heterocycles. The summed E-state index contributed by atoms with van der Waals surface area (Å²) < 4.78 is 55.1. The average molecular weight is 889 g/mol. The van der Waals surface area contributed by atoms with Crippen LogP contribution in [0.4, 0.5) is 22.7 Å². The molecule has 0 aliphatic carbocycles. The molecule has 0 atom stereocenters. The highest BCUT2D eigenvalue weighted by Crippen LogP contribution is 2.24. The van der Waals surface area contributed by atoms with Crippen LogP contribution in [0, 0.1) is 6.92 Å². The highest BCUT2D eigenvalue weighted by Gasteiger charge is 2.18. The van der Waals surface area contributed by atoms with Crippen molar-refractivity contribution in [1.82, 2.24) is 5.43 Å². The summed E-state index contributed by atoms with van der Waals surface area (Å²) >= 11 is 11.4. The SMILES string of the molecule is CCOC(=O)C(=O)NNc1ccc(NS(=O)(=O)c2ccc(NC(=O)c3ccc(CCl)cc3)cc2)c(C)c1.O=C(Nc1ccc(S(=O)(=O)Cl)cc1)c1ccc(CCl)cc1. The molecule has 5 rings (SSSR count). The Kier molecular flexibility index (Phi) is 16.1. The van der Waals surface area contributed by atoms with E-state index in [1.165, 1.54) is 60.7 Å². The van der Waals surface area contributed by atoms with E-state index in [9.17, 15) is 36.0 Å². The lowest BCUT2D eigenvalue weighted by molar-refractivity contribution is -0.154. The third-order valence-electron chi connectivity index (χ3n) is 7.81. The molecule has 5 aromatic carbocycles. The fourth-order valence-electron chi connectivity index (χ4n) is 4.75. The zero-order chi connectivity index (χ0) is 42.5. The largest absolute Gasteiger partial charge is 0.459 e. The first-order valence-corrected chi connectivity index (χ1v) is 21.8. The van der Waals surface area contributed by atoms with E-state index in [4.69, 9.17) is 33.9 Å². The summed E-state index contributed by atoms with van der Waals surface area (Å²) in [4.78, 5) is 47.4. The molecule has 0 saturated carbocycles. The second-order valence-corrected chi connectivity index (χ2v) is 16.8. The Morgan fingerprint density at radius 3 is 1.48 bits per heavy atom. The number of amides is 3. The number of hydrazine groups is 1. The summed E-state index contributed by atoms with van der Waals surface area (Å²) in [5.74, 6) is -1.89. The molecule has 0 spiro atoms. The van der Waals surface area contributed by atoms with Gasteiger partial charge < -0.3 is 15.4 Å². The van der Waals surface area contributed by atoms with Gasteiger partial charge in [0.05, 0.1) is 27.8 Å². The van der Waals surface area contributed by atoms with Crippen LogP contribution in [0.2, 0.25) is 0 Å². The molecule has 0 aliphatic rings. The van der Waals surface area contributed by atoms with Gasteiger partial charge >= 0.3 is 11.9 Å². The summed E-state index contributed by atoms with van der Waals surface area (Å²) in [5.41, 5.74) is 9.72. The number of ether oxygens (including phenoxy) is 1. The number of aryl methyl sites for hydroxylation is 1. The van der Waals surface area contributed by atoms with Gasteiger partial charge in [-0.2, -0.15) is 0 Å². The van der Waals surface area contributed by atoms with Crippen LogP contribution in [0.1, 0.15) is 44.3 Å². The second kappa shape index (κ2) is 20.7. The number of rotatable bonds is 13. The summed E-state index contributed by atoms with van der Waals surface area (Å²) in [6, 6.07) is 29.7. The van der Waals surface area contributed by atoms with Crippen molar-refractivity contribution in [3.05, 3.63) is 143 Å². The number of esters is 1. The molecule has 0 aliphatic heterocycles. The minimum Gasteiger partial charge on any atom is -0.459 e. The highest BCUT2D eigenvalue weighted by atomic mass is 35.7. The van der Waals surface area contributed by atoms with Crippen molar-refractivity contribution in [2.24, 2.45) is 0 Å². The molecule has 5 aromatic rings. The van der Waals surface area contributed by atoms with Crippen molar-refractivity contribution >= 4 is 99.4 Å². The summed E-state index contributed by atoms with van der Waals surface area (Å²) in [6.45, 7) is 3.33. The molecule has 5 N–H and O–H groups in total. The van der Waals surface area contributed by atoms with Crippen molar-refractivity contribution in [3.8, 4) is 0 Å². The third-order valence-corrected chi connectivity index (χ3v) is 11.2. The van der Waals surface area contributed by atoms with Crippen LogP contribution >= 0.6 is 33.9 Å². The van der Waals surface area contributed by atoms with E-state index < -0.39 is 31.0 Å². The second-order valence-electron chi connectivity index (χ2n) is 12.0. The Morgan fingerprint density at radius 2 is 1.07 bits per heavy atom. The quantitative estimate of drug-likeness (QED) is 0.0260. The molecule has 0 bridgehead atoms. The molecule has 14 nitrogen and oxygen atoms in total. The fraction of sp³-hybridized carbons (Fsp3) is 0.128. The Bertz CT molecular complexity index is 2470. The van der Waals surface area contributed by atoms with Gasteiger partial charge in [0.2, 0.25) is 0 Å². The number of benzene rings is 5. The van der Waals surface area contributed by atoms with Gasteiger partial charge in [-0.1, -0.05) is 24.3 Å². The standard InChI is InChI=1S/C25H25ClN4O6S.C14H11Cl2NO3S/c1-3-36-25(33)24(32)29-28-20-10-13-22(16(2)14-20)30-37(34,35)21-11-8-19(9-12-21)27-23(31)18-6-4-17(15-26)5-7-18;15-9-10-1-3-11(4-2-10)14(18)17-12-5-7-13(8-6-12)21(16,19)20/h4-14,28,30H,3,15H2,1-2H3,(H,27,31)(H,29,32);1-8H,9H2,(H,17,18). The van der Waals surface area contributed by atoms with E-state index in [-0.39, 0.29) is 28.2 Å². The van der Waals surface area contributed by atoms with Crippen LogP contribution in [0.5, 0.6) is 0 Å². The van der Waals surface area contributed by atoms with Crippen LogP contribution in [-0.2, 0) is 45.2 Å². The smallest absolute Gasteiger partial charge is 0.398 e. The topological polar surface area (TPSA) is 206 Å². The number of hydrogen-bond acceptors (Lipinski definition) is 10. The minimum absolute atomic E-state index is 0.000246. The number of sulfonamides is 1. The summed E-state index contributed by atoms with van der Waals surface area (Å²) in [5, 5.41) is 5.38. The molecule has 304 valence electrons. The van der Waals surface area contributed by atoms with Crippen molar-refractivity contribution in [2.45, 2.75) is 35.4 Å². The van der Waals surface area contributed by atoms with Gasteiger partial charge in [-0.15, -0.1) is 23.2 Å². The molecule has 0 heterocycles. The van der Waals surface area contributed by atoms with Gasteiger partial charge in [0.15, 0.2) is 0 Å². The Hall–Kier alpha value is -5.65. The highest BCUT2D eigenvalue weighted by molar-refractivity contribution is 8.13. The van der Waals surface area contributed by atoms with Gasteiger partial charge in [0, 0.05) is 44.9 Å². The van der Waals surface area contributed by atoms with Crippen molar-refractivity contribution in [2.75, 3.05) is 27.4 Å². The van der Waals surface area contributed by atoms with Crippen molar-refractivity contribution in [1.29, 1.82) is 0 Å². The first-order chi connectivity index (χ1) is 27.5. The number of anilines is 4. The van der Waals surface area contributed by atoms with Gasteiger partial charge in [-0.25, -0.2) is 21.6 Å². The first-order valence-electron chi connectivity index (χ1n) is 17.0. The van der Waals surface area contributed by atoms with E-state index in [0.29, 0.717) is 51.2 Å². The number of carbonyl (C=O) groups excluding carboxylic acids is 4. The molecule has 19 heteroatoms. The monoisotopic (exact) mass is 887 g/mol. The molecular formula is C39H36Cl3N5O9S2. The van der Waals surface area contributed by atoms with Crippen LogP contribution in [0.3, 0.4) is 0 Å². The molecular weight excluding hydrogens is 853 g/mol.